The van der Waals surface area contributed by atoms with Gasteiger partial charge < -0.3 is 14.4 Å². The molecule has 2 aromatic carbocycles. The highest BCUT2D eigenvalue weighted by atomic mass is 35.5. The zero-order valence-electron chi connectivity index (χ0n) is 17.4. The second kappa shape index (κ2) is 10.8. The van der Waals surface area contributed by atoms with Gasteiger partial charge in [-0.25, -0.2) is 8.42 Å². The van der Waals surface area contributed by atoms with Crippen molar-refractivity contribution < 1.29 is 22.8 Å². The van der Waals surface area contributed by atoms with Crippen molar-refractivity contribution in [2.75, 3.05) is 46.4 Å². The Morgan fingerprint density at radius 3 is 2.31 bits per heavy atom. The summed E-state index contributed by atoms with van der Waals surface area (Å²) < 4.78 is 38.9. The molecule has 0 radical (unpaired) electrons. The summed E-state index contributed by atoms with van der Waals surface area (Å²) in [6, 6.07) is 7.93. The smallest absolute Gasteiger partial charge is 0.271 e. The van der Waals surface area contributed by atoms with Crippen LogP contribution in [-0.4, -0.2) is 69.0 Å². The lowest BCUT2D eigenvalue weighted by molar-refractivity contribution is -0.385. The van der Waals surface area contributed by atoms with Crippen LogP contribution in [0.4, 0.5) is 5.69 Å². The molecule has 32 heavy (non-hydrogen) atoms. The second-order valence-corrected chi connectivity index (χ2v) is 9.97. The van der Waals surface area contributed by atoms with Crippen LogP contribution in [0.2, 0.25) is 10.0 Å². The zero-order valence-corrected chi connectivity index (χ0v) is 19.7. The Hall–Kier alpha value is -1.95. The van der Waals surface area contributed by atoms with Gasteiger partial charge in [0.1, 0.15) is 16.4 Å². The number of halogens is 2. The van der Waals surface area contributed by atoms with E-state index in [2.05, 4.69) is 4.90 Å². The summed E-state index contributed by atoms with van der Waals surface area (Å²) in [5, 5.41) is 11.9. The van der Waals surface area contributed by atoms with Crippen LogP contribution in [0.25, 0.3) is 0 Å². The normalized spacial score (nSPS) is 15.6. The molecule has 0 atom stereocenters. The number of hydrogen-bond acceptors (Lipinski definition) is 7. The lowest BCUT2D eigenvalue weighted by atomic mass is 10.3. The number of piperazine rings is 1. The first-order valence-electron chi connectivity index (χ1n) is 9.84. The molecule has 12 heteroatoms. The van der Waals surface area contributed by atoms with Crippen LogP contribution in [0.15, 0.2) is 41.3 Å². The molecule has 0 amide bonds. The van der Waals surface area contributed by atoms with E-state index in [0.29, 0.717) is 29.7 Å². The molecule has 0 unspecified atom stereocenters. The van der Waals surface area contributed by atoms with Gasteiger partial charge in [0.15, 0.2) is 0 Å². The summed E-state index contributed by atoms with van der Waals surface area (Å²) in [5.74, 6) is 0.173. The molecule has 1 aliphatic rings. The summed E-state index contributed by atoms with van der Waals surface area (Å²) in [7, 11) is -2.41. The number of nitro benzene ring substituents is 1. The number of nitrogens with zero attached hydrogens (tertiary/aromatic N) is 3. The van der Waals surface area contributed by atoms with Crippen molar-refractivity contribution in [1.29, 1.82) is 0 Å². The monoisotopic (exact) mass is 503 g/mol. The van der Waals surface area contributed by atoms with Gasteiger partial charge in [0.25, 0.3) is 5.69 Å². The van der Waals surface area contributed by atoms with Crippen LogP contribution < -0.4 is 4.74 Å². The molecule has 2 aromatic rings. The largest absolute Gasteiger partial charge is 0.456 e. The van der Waals surface area contributed by atoms with Gasteiger partial charge in [-0.3, -0.25) is 10.1 Å². The summed E-state index contributed by atoms with van der Waals surface area (Å²) in [4.78, 5) is 12.5. The fraction of sp³-hybridized carbons (Fsp3) is 0.400. The van der Waals surface area contributed by atoms with Gasteiger partial charge in [0.2, 0.25) is 10.0 Å². The Morgan fingerprint density at radius 2 is 1.72 bits per heavy atom. The lowest BCUT2D eigenvalue weighted by Crippen LogP contribution is -2.48. The maximum absolute atomic E-state index is 13.4. The van der Waals surface area contributed by atoms with E-state index in [1.807, 2.05) is 0 Å². The molecular weight excluding hydrogens is 481 g/mol. The molecular formula is C20H23Cl2N3O6S. The molecule has 174 valence electrons. The SMILES string of the molecule is COCCCN1CCN(S(=O)(=O)c2cc([N+](=O)[O-])ccc2Oc2cc(Cl)cc(Cl)c2)CC1. The van der Waals surface area contributed by atoms with E-state index in [-0.39, 0.29) is 35.2 Å². The van der Waals surface area contributed by atoms with Gasteiger partial charge in [-0.05, 0) is 30.7 Å². The van der Waals surface area contributed by atoms with Gasteiger partial charge in [-0.15, -0.1) is 0 Å². The van der Waals surface area contributed by atoms with E-state index in [1.165, 1.54) is 34.6 Å². The predicted molar refractivity (Wildman–Crippen MR) is 121 cm³/mol. The number of methoxy groups -OCH3 is 1. The number of sulfonamides is 1. The van der Waals surface area contributed by atoms with Crippen molar-refractivity contribution in [3.63, 3.8) is 0 Å². The average Bonchev–Trinajstić information content (AvgIpc) is 2.73. The van der Waals surface area contributed by atoms with Gasteiger partial charge in [0.05, 0.1) is 4.92 Å². The van der Waals surface area contributed by atoms with Crippen molar-refractivity contribution >= 4 is 38.9 Å². The minimum absolute atomic E-state index is 0.0449. The Bertz CT molecular complexity index is 1050. The molecule has 1 fully saturated rings. The third-order valence-electron chi connectivity index (χ3n) is 4.97. The topological polar surface area (TPSA) is 102 Å². The van der Waals surface area contributed by atoms with Gasteiger partial charge in [-0.2, -0.15) is 4.31 Å². The van der Waals surface area contributed by atoms with Crippen molar-refractivity contribution in [2.24, 2.45) is 0 Å². The molecule has 0 N–H and O–H groups in total. The van der Waals surface area contributed by atoms with Gasteiger partial charge in [-0.1, -0.05) is 23.2 Å². The minimum Gasteiger partial charge on any atom is -0.456 e. The fourth-order valence-corrected chi connectivity index (χ4v) is 5.44. The fourth-order valence-electron chi connectivity index (χ4n) is 3.38. The molecule has 0 aliphatic carbocycles. The highest BCUT2D eigenvalue weighted by Crippen LogP contribution is 2.36. The molecule has 1 heterocycles. The standard InChI is InChI=1S/C20H23Cl2N3O6S/c1-30-10-2-5-23-6-8-24(9-7-23)32(28,29)20-14-17(25(26)27)3-4-19(20)31-18-12-15(21)11-16(22)13-18/h3-4,11-14H,2,5-10H2,1H3. The first-order valence-corrected chi connectivity index (χ1v) is 12.0. The van der Waals surface area contributed by atoms with Crippen molar-refractivity contribution in [3.05, 3.63) is 56.6 Å². The Kier molecular flexibility index (Phi) is 8.32. The average molecular weight is 504 g/mol. The van der Waals surface area contributed by atoms with Crippen molar-refractivity contribution in [1.82, 2.24) is 9.21 Å². The lowest BCUT2D eigenvalue weighted by Gasteiger charge is -2.34. The maximum atomic E-state index is 13.4. The van der Waals surface area contributed by atoms with E-state index in [1.54, 1.807) is 7.11 Å². The van der Waals surface area contributed by atoms with Gasteiger partial charge in [0, 0.05) is 68.6 Å². The molecule has 0 saturated carbocycles. The van der Waals surface area contributed by atoms with E-state index in [4.69, 9.17) is 32.7 Å². The number of rotatable bonds is 9. The number of benzene rings is 2. The number of hydrogen-bond donors (Lipinski definition) is 0. The highest BCUT2D eigenvalue weighted by Gasteiger charge is 2.32. The van der Waals surface area contributed by atoms with Crippen LogP contribution in [0.3, 0.4) is 0 Å². The third-order valence-corrected chi connectivity index (χ3v) is 7.33. The highest BCUT2D eigenvalue weighted by molar-refractivity contribution is 7.89. The van der Waals surface area contributed by atoms with Crippen LogP contribution in [0, 0.1) is 10.1 Å². The molecule has 1 saturated heterocycles. The van der Waals surface area contributed by atoms with Crippen molar-refractivity contribution in [2.45, 2.75) is 11.3 Å². The second-order valence-electron chi connectivity index (χ2n) is 7.19. The molecule has 0 bridgehead atoms. The molecule has 0 spiro atoms. The Balaban J connectivity index is 1.87. The summed E-state index contributed by atoms with van der Waals surface area (Å²) in [6.45, 7) is 3.08. The number of non-ortho nitro benzene ring substituents is 1. The Labute approximate surface area is 196 Å². The summed E-state index contributed by atoms with van der Waals surface area (Å²) in [6.07, 6.45) is 0.855. The molecule has 3 rings (SSSR count). The maximum Gasteiger partial charge on any atom is 0.271 e. The van der Waals surface area contributed by atoms with E-state index in [0.717, 1.165) is 19.0 Å². The number of ether oxygens (including phenoxy) is 2. The predicted octanol–water partition coefficient (Wildman–Crippen LogP) is 4.04. The van der Waals surface area contributed by atoms with Crippen LogP contribution in [0.1, 0.15) is 6.42 Å². The zero-order chi connectivity index (χ0) is 23.3. The first kappa shape index (κ1) is 24.7. The van der Waals surface area contributed by atoms with E-state index in [9.17, 15) is 18.5 Å². The minimum atomic E-state index is -4.05. The van der Waals surface area contributed by atoms with Crippen LogP contribution >= 0.6 is 23.2 Å². The summed E-state index contributed by atoms with van der Waals surface area (Å²) >= 11 is 12.0. The van der Waals surface area contributed by atoms with E-state index >= 15 is 0 Å². The Morgan fingerprint density at radius 1 is 1.06 bits per heavy atom. The molecule has 9 nitrogen and oxygen atoms in total. The molecule has 0 aromatic heterocycles. The van der Waals surface area contributed by atoms with Gasteiger partial charge >= 0.3 is 0 Å². The van der Waals surface area contributed by atoms with E-state index < -0.39 is 14.9 Å². The quantitative estimate of drug-likeness (QED) is 0.289. The first-order chi connectivity index (χ1) is 15.2. The molecule has 1 aliphatic heterocycles. The third kappa shape index (κ3) is 6.09. The van der Waals surface area contributed by atoms with Crippen molar-refractivity contribution in [3.8, 4) is 11.5 Å². The van der Waals surface area contributed by atoms with Crippen LogP contribution in [-0.2, 0) is 14.8 Å². The number of nitro groups is 1. The van der Waals surface area contributed by atoms with Crippen LogP contribution in [0.5, 0.6) is 11.5 Å². The summed E-state index contributed by atoms with van der Waals surface area (Å²) in [5.41, 5.74) is -0.349.